The summed E-state index contributed by atoms with van der Waals surface area (Å²) in [5, 5.41) is 27.9. The summed E-state index contributed by atoms with van der Waals surface area (Å²) in [6.07, 6.45) is -1.90. The number of benzene rings is 1. The molecule has 12 heteroatoms. The Morgan fingerprint density at radius 1 is 1.14 bits per heavy atom. The van der Waals surface area contributed by atoms with Gasteiger partial charge in [0.2, 0.25) is 0 Å². The first-order chi connectivity index (χ1) is 17.7. The molecule has 3 heterocycles. The van der Waals surface area contributed by atoms with Crippen molar-refractivity contribution in [2.75, 3.05) is 17.7 Å². The molecule has 5 rings (SSSR count). The van der Waals surface area contributed by atoms with Crippen LogP contribution >= 0.6 is 0 Å². The third kappa shape index (κ3) is 4.81. The van der Waals surface area contributed by atoms with Gasteiger partial charge in [-0.3, -0.25) is 4.79 Å². The number of nitrogens with zero attached hydrogens (tertiary/aromatic N) is 4. The number of fused-ring (bicyclic) bond motifs is 2. The highest BCUT2D eigenvalue weighted by atomic mass is 19.4. The molecule has 0 spiro atoms. The Labute approximate surface area is 209 Å². The third-order valence-electron chi connectivity index (χ3n) is 6.93. The molecule has 1 unspecified atom stereocenters. The van der Waals surface area contributed by atoms with Gasteiger partial charge in [0, 0.05) is 18.6 Å². The van der Waals surface area contributed by atoms with Crippen molar-refractivity contribution in [2.45, 2.75) is 43.7 Å². The minimum absolute atomic E-state index is 0.177. The predicted molar refractivity (Wildman–Crippen MR) is 131 cm³/mol. The number of nitrogens with one attached hydrogen (secondary N) is 2. The van der Waals surface area contributed by atoms with Gasteiger partial charge in [0.05, 0.1) is 23.0 Å². The maximum Gasteiger partial charge on any atom is 0.471 e. The summed E-state index contributed by atoms with van der Waals surface area (Å²) in [5.41, 5.74) is 1.99. The summed E-state index contributed by atoms with van der Waals surface area (Å²) in [7, 11) is 1.77. The first kappa shape index (κ1) is 24.9. The first-order valence-electron chi connectivity index (χ1n) is 11.8. The van der Waals surface area contributed by atoms with Gasteiger partial charge >= 0.3 is 12.1 Å². The Bertz CT molecular complexity index is 1460. The number of rotatable bonds is 6. The molecule has 0 bridgehead atoms. The molecule has 1 aliphatic carbocycles. The van der Waals surface area contributed by atoms with Crippen LogP contribution < -0.4 is 10.6 Å². The van der Waals surface area contributed by atoms with Gasteiger partial charge in [-0.25, -0.2) is 15.0 Å². The highest BCUT2D eigenvalue weighted by Crippen LogP contribution is 2.40. The highest BCUT2D eigenvalue weighted by Gasteiger charge is 2.42. The molecule has 4 atom stereocenters. The van der Waals surface area contributed by atoms with Crippen molar-refractivity contribution in [3.05, 3.63) is 54.5 Å². The SMILES string of the molecule is CNc1ncnc2c1ccn2C1C[C@H](CCc2ccc3ccc(NC(=O)C(F)(F)F)nc3c2)[C@@H](O)[C@H]1O. The van der Waals surface area contributed by atoms with E-state index in [1.165, 1.54) is 12.4 Å². The Hall–Kier alpha value is -3.77. The molecule has 1 aromatic carbocycles. The summed E-state index contributed by atoms with van der Waals surface area (Å²) in [5.74, 6) is -1.76. The first-order valence-corrected chi connectivity index (χ1v) is 11.8. The topological polar surface area (TPSA) is 125 Å². The molecule has 1 saturated carbocycles. The van der Waals surface area contributed by atoms with E-state index < -0.39 is 24.3 Å². The fourth-order valence-electron chi connectivity index (χ4n) is 5.03. The molecule has 1 aliphatic rings. The fraction of sp³-hybridized carbons (Fsp3) is 0.360. The van der Waals surface area contributed by atoms with Crippen LogP contribution in [0.2, 0.25) is 0 Å². The number of hydrogen-bond acceptors (Lipinski definition) is 7. The lowest BCUT2D eigenvalue weighted by Crippen LogP contribution is -2.30. The van der Waals surface area contributed by atoms with Crippen molar-refractivity contribution in [1.82, 2.24) is 19.5 Å². The Morgan fingerprint density at radius 3 is 2.68 bits per heavy atom. The predicted octanol–water partition coefficient (Wildman–Crippen LogP) is 3.44. The van der Waals surface area contributed by atoms with E-state index in [-0.39, 0.29) is 17.8 Å². The van der Waals surface area contributed by atoms with Crippen molar-refractivity contribution < 1.29 is 28.2 Å². The van der Waals surface area contributed by atoms with E-state index in [1.807, 2.05) is 22.9 Å². The number of carbonyl (C=O) groups is 1. The third-order valence-corrected chi connectivity index (χ3v) is 6.93. The second-order valence-electron chi connectivity index (χ2n) is 9.19. The molecule has 1 amide bonds. The number of anilines is 2. The number of alkyl halides is 3. The standard InChI is InChI=1S/C25H25F3N6O3/c1-29-22-16-8-9-34(23(16)31-12-30-22)18-11-15(20(35)21(18)36)5-3-13-2-4-14-6-7-19(32-17(14)10-13)33-24(37)25(26,27)28/h2,4,6-10,12,15,18,20-21,35-36H,3,5,11H2,1H3,(H,29,30,31)(H,32,33,37)/t15-,18?,20+,21-/m0/s1. The minimum Gasteiger partial charge on any atom is -0.390 e. The number of amides is 1. The Morgan fingerprint density at radius 2 is 1.92 bits per heavy atom. The van der Waals surface area contributed by atoms with E-state index in [0.29, 0.717) is 41.6 Å². The molecular formula is C25H25F3N6O3. The van der Waals surface area contributed by atoms with E-state index >= 15 is 0 Å². The monoisotopic (exact) mass is 514 g/mol. The lowest BCUT2D eigenvalue weighted by Gasteiger charge is -2.19. The average molecular weight is 515 g/mol. The van der Waals surface area contributed by atoms with Crippen molar-refractivity contribution in [3.63, 3.8) is 0 Å². The minimum atomic E-state index is -5.00. The van der Waals surface area contributed by atoms with Crippen molar-refractivity contribution in [3.8, 4) is 0 Å². The zero-order valence-corrected chi connectivity index (χ0v) is 19.8. The van der Waals surface area contributed by atoms with Crippen molar-refractivity contribution >= 4 is 39.5 Å². The Balaban J connectivity index is 1.30. The van der Waals surface area contributed by atoms with Crippen LogP contribution in [0, 0.1) is 5.92 Å². The van der Waals surface area contributed by atoms with Gasteiger partial charge in [0.25, 0.3) is 0 Å². The van der Waals surface area contributed by atoms with E-state index in [9.17, 15) is 28.2 Å². The smallest absolute Gasteiger partial charge is 0.390 e. The van der Waals surface area contributed by atoms with E-state index in [2.05, 4.69) is 20.3 Å². The maximum atomic E-state index is 12.6. The van der Waals surface area contributed by atoms with Gasteiger partial charge in [-0.1, -0.05) is 12.1 Å². The number of aliphatic hydroxyl groups is 2. The molecule has 0 radical (unpaired) electrons. The van der Waals surface area contributed by atoms with Gasteiger partial charge in [-0.15, -0.1) is 0 Å². The fourth-order valence-corrected chi connectivity index (χ4v) is 5.03. The summed E-state index contributed by atoms with van der Waals surface area (Å²) in [4.78, 5) is 23.9. The molecule has 1 fully saturated rings. The van der Waals surface area contributed by atoms with Crippen molar-refractivity contribution in [2.24, 2.45) is 5.92 Å². The van der Waals surface area contributed by atoms with Crippen LogP contribution in [0.1, 0.15) is 24.4 Å². The maximum absolute atomic E-state index is 12.6. The summed E-state index contributed by atoms with van der Waals surface area (Å²) in [6, 6.07) is 9.88. The Kier molecular flexibility index (Phi) is 6.46. The van der Waals surface area contributed by atoms with Crippen LogP contribution in [0.4, 0.5) is 24.8 Å². The summed E-state index contributed by atoms with van der Waals surface area (Å²) >= 11 is 0. The van der Waals surface area contributed by atoms with Crippen LogP contribution in [0.5, 0.6) is 0 Å². The van der Waals surface area contributed by atoms with E-state index in [0.717, 1.165) is 10.9 Å². The van der Waals surface area contributed by atoms with E-state index in [4.69, 9.17) is 0 Å². The molecule has 3 aromatic heterocycles. The number of aromatic nitrogens is 4. The normalized spacial score (nSPS) is 22.0. The van der Waals surface area contributed by atoms with Crippen LogP contribution in [0.15, 0.2) is 48.9 Å². The van der Waals surface area contributed by atoms with Gasteiger partial charge in [0.1, 0.15) is 29.7 Å². The molecule has 4 N–H and O–H groups in total. The van der Waals surface area contributed by atoms with Crippen LogP contribution in [0.3, 0.4) is 0 Å². The lowest BCUT2D eigenvalue weighted by atomic mass is 9.95. The van der Waals surface area contributed by atoms with Crippen LogP contribution in [0.25, 0.3) is 21.9 Å². The second-order valence-corrected chi connectivity index (χ2v) is 9.19. The number of aliphatic hydroxyl groups excluding tert-OH is 2. The molecule has 0 aliphatic heterocycles. The largest absolute Gasteiger partial charge is 0.471 e. The number of carbonyl (C=O) groups excluding carboxylic acids is 1. The molecule has 0 saturated heterocycles. The quantitative estimate of drug-likeness (QED) is 0.311. The van der Waals surface area contributed by atoms with Gasteiger partial charge in [0.15, 0.2) is 0 Å². The van der Waals surface area contributed by atoms with Crippen molar-refractivity contribution in [1.29, 1.82) is 0 Å². The van der Waals surface area contributed by atoms with Gasteiger partial charge in [-0.2, -0.15) is 13.2 Å². The summed E-state index contributed by atoms with van der Waals surface area (Å²) < 4.78 is 39.6. The van der Waals surface area contributed by atoms with Crippen LogP contribution in [-0.4, -0.2) is 61.1 Å². The number of hydrogen-bond donors (Lipinski definition) is 4. The van der Waals surface area contributed by atoms with Gasteiger partial charge < -0.3 is 25.4 Å². The number of halogens is 3. The molecular weight excluding hydrogens is 489 g/mol. The zero-order valence-electron chi connectivity index (χ0n) is 19.8. The van der Waals surface area contributed by atoms with Crippen LogP contribution in [-0.2, 0) is 11.2 Å². The average Bonchev–Trinajstić information content (AvgIpc) is 3.42. The van der Waals surface area contributed by atoms with E-state index in [1.54, 1.807) is 30.6 Å². The number of pyridine rings is 1. The number of aryl methyl sites for hydroxylation is 1. The highest BCUT2D eigenvalue weighted by molar-refractivity contribution is 5.95. The summed E-state index contributed by atoms with van der Waals surface area (Å²) in [6.45, 7) is 0. The molecule has 37 heavy (non-hydrogen) atoms. The molecule has 4 aromatic rings. The molecule has 194 valence electrons. The molecule has 9 nitrogen and oxygen atoms in total. The lowest BCUT2D eigenvalue weighted by molar-refractivity contribution is -0.167. The zero-order chi connectivity index (χ0) is 26.3. The van der Waals surface area contributed by atoms with Gasteiger partial charge in [-0.05, 0) is 55.0 Å². The second kappa shape index (κ2) is 9.60.